The van der Waals surface area contributed by atoms with Gasteiger partial charge in [-0.1, -0.05) is 36.8 Å². The van der Waals surface area contributed by atoms with E-state index in [2.05, 4.69) is 38.1 Å². The van der Waals surface area contributed by atoms with Crippen molar-refractivity contribution >= 4 is 11.8 Å². The molecule has 0 bridgehead atoms. The van der Waals surface area contributed by atoms with Crippen LogP contribution in [0.5, 0.6) is 0 Å². The van der Waals surface area contributed by atoms with Crippen LogP contribution in [0.1, 0.15) is 36.9 Å². The highest BCUT2D eigenvalue weighted by atomic mass is 32.2. The van der Waals surface area contributed by atoms with Crippen molar-refractivity contribution in [3.05, 3.63) is 35.4 Å². The molecule has 1 aromatic carbocycles. The molecule has 3 heteroatoms. The summed E-state index contributed by atoms with van der Waals surface area (Å²) in [5, 5.41) is 1.17. The number of ether oxygens (including phenoxy) is 1. The maximum absolute atomic E-state index is 6.35. The molecule has 2 atom stereocenters. The molecule has 0 spiro atoms. The minimum atomic E-state index is 0.124. The van der Waals surface area contributed by atoms with Crippen LogP contribution in [0.3, 0.4) is 0 Å². The molecule has 1 saturated heterocycles. The zero-order chi connectivity index (χ0) is 13.0. The summed E-state index contributed by atoms with van der Waals surface area (Å²) in [6.45, 7) is 6.16. The molecule has 1 aliphatic rings. The number of hydrogen-bond donors (Lipinski definition) is 1. The van der Waals surface area contributed by atoms with Gasteiger partial charge in [-0.15, -0.1) is 0 Å². The van der Waals surface area contributed by atoms with Crippen LogP contribution in [0.4, 0.5) is 0 Å². The number of aryl methyl sites for hydroxylation is 1. The van der Waals surface area contributed by atoms with Crippen molar-refractivity contribution in [2.45, 2.75) is 43.2 Å². The molecular weight excluding hydrogens is 242 g/mol. The Bertz CT molecular complexity index is 359. The molecule has 100 valence electrons. The highest BCUT2D eigenvalue weighted by molar-refractivity contribution is 8.00. The van der Waals surface area contributed by atoms with Crippen LogP contribution in [-0.4, -0.2) is 23.7 Å². The van der Waals surface area contributed by atoms with Gasteiger partial charge >= 0.3 is 0 Å². The van der Waals surface area contributed by atoms with Crippen LogP contribution < -0.4 is 5.73 Å². The van der Waals surface area contributed by atoms with Crippen LogP contribution in [-0.2, 0) is 4.74 Å². The number of nitrogens with two attached hydrogens (primary N) is 1. The fourth-order valence-electron chi connectivity index (χ4n) is 2.26. The minimum absolute atomic E-state index is 0.124. The Morgan fingerprint density at radius 1 is 1.22 bits per heavy atom. The fourth-order valence-corrected chi connectivity index (χ4v) is 3.66. The molecule has 1 heterocycles. The summed E-state index contributed by atoms with van der Waals surface area (Å²) >= 11 is 2.02. The largest absolute Gasteiger partial charge is 0.381 e. The third-order valence-electron chi connectivity index (χ3n) is 3.54. The van der Waals surface area contributed by atoms with E-state index in [-0.39, 0.29) is 6.04 Å². The van der Waals surface area contributed by atoms with Crippen molar-refractivity contribution in [1.82, 2.24) is 0 Å². The van der Waals surface area contributed by atoms with Crippen molar-refractivity contribution < 1.29 is 4.74 Å². The number of benzene rings is 1. The summed E-state index contributed by atoms with van der Waals surface area (Å²) < 4.78 is 5.39. The summed E-state index contributed by atoms with van der Waals surface area (Å²) in [5.41, 5.74) is 8.88. The van der Waals surface area contributed by atoms with E-state index in [1.54, 1.807) is 0 Å². The lowest BCUT2D eigenvalue weighted by atomic mass is 10.0. The Morgan fingerprint density at radius 3 is 2.44 bits per heavy atom. The Labute approximate surface area is 114 Å². The second-order valence-corrected chi connectivity index (χ2v) is 6.77. The number of hydrogen-bond acceptors (Lipinski definition) is 3. The first-order valence-corrected chi connectivity index (χ1v) is 7.66. The van der Waals surface area contributed by atoms with Gasteiger partial charge in [0, 0.05) is 29.8 Å². The van der Waals surface area contributed by atoms with E-state index in [0.29, 0.717) is 10.5 Å². The van der Waals surface area contributed by atoms with Gasteiger partial charge < -0.3 is 10.5 Å². The van der Waals surface area contributed by atoms with E-state index >= 15 is 0 Å². The summed E-state index contributed by atoms with van der Waals surface area (Å²) in [6, 6.07) is 8.71. The van der Waals surface area contributed by atoms with Crippen molar-refractivity contribution in [1.29, 1.82) is 0 Å². The second kappa shape index (κ2) is 6.60. The van der Waals surface area contributed by atoms with Crippen molar-refractivity contribution in [3.8, 4) is 0 Å². The van der Waals surface area contributed by atoms with Gasteiger partial charge in [0.25, 0.3) is 0 Å². The molecule has 0 radical (unpaired) electrons. The Kier molecular flexibility index (Phi) is 5.10. The normalized spacial score (nSPS) is 20.6. The van der Waals surface area contributed by atoms with Gasteiger partial charge in [0.05, 0.1) is 0 Å². The maximum atomic E-state index is 6.35. The van der Waals surface area contributed by atoms with Crippen LogP contribution in [0, 0.1) is 6.92 Å². The third kappa shape index (κ3) is 3.74. The van der Waals surface area contributed by atoms with E-state index in [1.807, 2.05) is 11.8 Å². The number of thioether (sulfide) groups is 1. The van der Waals surface area contributed by atoms with Gasteiger partial charge in [0.15, 0.2) is 0 Å². The molecule has 2 nitrogen and oxygen atoms in total. The highest BCUT2D eigenvalue weighted by Gasteiger charge is 2.22. The zero-order valence-electron chi connectivity index (χ0n) is 11.3. The maximum Gasteiger partial charge on any atom is 0.0476 e. The molecule has 0 aliphatic carbocycles. The molecule has 2 N–H and O–H groups in total. The quantitative estimate of drug-likeness (QED) is 0.907. The smallest absolute Gasteiger partial charge is 0.0476 e. The summed E-state index contributed by atoms with van der Waals surface area (Å²) in [6.07, 6.45) is 2.32. The van der Waals surface area contributed by atoms with Crippen molar-refractivity contribution in [2.75, 3.05) is 13.2 Å². The Morgan fingerprint density at radius 2 is 1.83 bits per heavy atom. The van der Waals surface area contributed by atoms with E-state index in [0.717, 1.165) is 26.1 Å². The molecule has 1 aliphatic heterocycles. The molecule has 2 rings (SSSR count). The Hall–Kier alpha value is -0.510. The molecule has 1 fully saturated rings. The molecule has 1 aromatic rings. The van der Waals surface area contributed by atoms with Crippen LogP contribution in [0.2, 0.25) is 0 Å². The van der Waals surface area contributed by atoms with Crippen LogP contribution in [0.25, 0.3) is 0 Å². The molecule has 0 aromatic heterocycles. The average Bonchev–Trinajstić information content (AvgIpc) is 2.40. The highest BCUT2D eigenvalue weighted by Crippen LogP contribution is 2.32. The number of rotatable bonds is 4. The van der Waals surface area contributed by atoms with Crippen molar-refractivity contribution in [2.24, 2.45) is 5.73 Å². The molecule has 0 amide bonds. The lowest BCUT2D eigenvalue weighted by Crippen LogP contribution is -2.26. The van der Waals surface area contributed by atoms with E-state index in [9.17, 15) is 0 Å². The SMILES string of the molecule is Cc1ccc(C(N)C(C)SC2CCOCC2)cc1. The first-order valence-electron chi connectivity index (χ1n) is 6.72. The van der Waals surface area contributed by atoms with Gasteiger partial charge in [-0.25, -0.2) is 0 Å². The minimum Gasteiger partial charge on any atom is -0.381 e. The summed E-state index contributed by atoms with van der Waals surface area (Å²) in [4.78, 5) is 0. The van der Waals surface area contributed by atoms with Crippen molar-refractivity contribution in [3.63, 3.8) is 0 Å². The molecule has 18 heavy (non-hydrogen) atoms. The Balaban J connectivity index is 1.91. The topological polar surface area (TPSA) is 35.2 Å². The van der Waals surface area contributed by atoms with Gasteiger partial charge in [0.1, 0.15) is 0 Å². The van der Waals surface area contributed by atoms with Crippen LogP contribution >= 0.6 is 11.8 Å². The predicted octanol–water partition coefficient (Wildman–Crippen LogP) is 3.30. The monoisotopic (exact) mass is 265 g/mol. The second-order valence-electron chi connectivity index (χ2n) is 5.09. The fraction of sp³-hybridized carbons (Fsp3) is 0.600. The van der Waals surface area contributed by atoms with E-state index in [4.69, 9.17) is 10.5 Å². The van der Waals surface area contributed by atoms with Gasteiger partial charge in [-0.05, 0) is 25.3 Å². The third-order valence-corrected chi connectivity index (χ3v) is 5.12. The van der Waals surface area contributed by atoms with Gasteiger partial charge in [-0.2, -0.15) is 11.8 Å². The average molecular weight is 265 g/mol. The van der Waals surface area contributed by atoms with E-state index in [1.165, 1.54) is 11.1 Å². The first kappa shape index (κ1) is 13.9. The predicted molar refractivity (Wildman–Crippen MR) is 79.0 cm³/mol. The van der Waals surface area contributed by atoms with Gasteiger partial charge in [0.2, 0.25) is 0 Å². The lowest BCUT2D eigenvalue weighted by molar-refractivity contribution is 0.0999. The zero-order valence-corrected chi connectivity index (χ0v) is 12.1. The molecule has 0 saturated carbocycles. The summed E-state index contributed by atoms with van der Waals surface area (Å²) in [5.74, 6) is 0. The molecular formula is C15H23NOS. The molecule has 2 unspecified atom stereocenters. The van der Waals surface area contributed by atoms with Crippen LogP contribution in [0.15, 0.2) is 24.3 Å². The lowest BCUT2D eigenvalue weighted by Gasteiger charge is -2.27. The summed E-state index contributed by atoms with van der Waals surface area (Å²) in [7, 11) is 0. The standard InChI is InChI=1S/C15H23NOS/c1-11-3-5-13(6-4-11)15(16)12(2)18-14-7-9-17-10-8-14/h3-6,12,14-15H,7-10,16H2,1-2H3. The first-order chi connectivity index (χ1) is 8.66. The van der Waals surface area contributed by atoms with E-state index < -0.39 is 0 Å². The van der Waals surface area contributed by atoms with Gasteiger partial charge in [-0.3, -0.25) is 0 Å².